The van der Waals surface area contributed by atoms with Gasteiger partial charge in [0.25, 0.3) is 0 Å². The minimum Gasteiger partial charge on any atom is -0.492 e. The van der Waals surface area contributed by atoms with Crippen molar-refractivity contribution in [3.63, 3.8) is 0 Å². The van der Waals surface area contributed by atoms with E-state index in [2.05, 4.69) is 10.6 Å². The zero-order valence-electron chi connectivity index (χ0n) is 13.3. The maximum atomic E-state index is 13.4. The quantitative estimate of drug-likeness (QED) is 0.780. The highest BCUT2D eigenvalue weighted by atomic mass is 35.5. The van der Waals surface area contributed by atoms with Gasteiger partial charge in [-0.05, 0) is 49.2 Å². The van der Waals surface area contributed by atoms with Crippen LogP contribution in [0.2, 0.25) is 5.02 Å². The number of aryl methyl sites for hydroxylation is 2. The number of nitrogens with one attached hydrogen (secondary N) is 2. The van der Waals surface area contributed by atoms with Gasteiger partial charge >= 0.3 is 6.03 Å². The van der Waals surface area contributed by atoms with Crippen molar-refractivity contribution in [2.45, 2.75) is 13.8 Å². The van der Waals surface area contributed by atoms with Gasteiger partial charge in [0, 0.05) is 5.02 Å². The Labute approximate surface area is 143 Å². The summed E-state index contributed by atoms with van der Waals surface area (Å²) >= 11 is 6.07. The lowest BCUT2D eigenvalue weighted by Crippen LogP contribution is -2.32. The van der Waals surface area contributed by atoms with Crippen LogP contribution in [-0.2, 0) is 0 Å². The van der Waals surface area contributed by atoms with Gasteiger partial charge in [0.2, 0.25) is 0 Å². The molecule has 0 atom stereocenters. The molecule has 0 saturated carbocycles. The Morgan fingerprint density at radius 2 is 1.75 bits per heavy atom. The van der Waals surface area contributed by atoms with Gasteiger partial charge < -0.3 is 15.4 Å². The van der Waals surface area contributed by atoms with E-state index in [1.165, 1.54) is 6.07 Å². The number of hydrogen-bond acceptors (Lipinski definition) is 2. The predicted octanol–water partition coefficient (Wildman–Crippen LogP) is 4.44. The number of amides is 2. The van der Waals surface area contributed by atoms with Gasteiger partial charge in [0.1, 0.15) is 29.7 Å². The largest absolute Gasteiger partial charge is 0.492 e. The van der Waals surface area contributed by atoms with E-state index in [9.17, 15) is 13.6 Å². The third-order valence-electron chi connectivity index (χ3n) is 3.27. The van der Waals surface area contributed by atoms with E-state index in [1.54, 1.807) is 12.1 Å². The molecule has 0 aliphatic rings. The highest BCUT2D eigenvalue weighted by molar-refractivity contribution is 6.32. The molecule has 2 amide bonds. The number of para-hydroxylation sites is 1. The Balaban J connectivity index is 1.81. The number of halogens is 3. The molecule has 2 aromatic rings. The lowest BCUT2D eigenvalue weighted by atomic mass is 10.1. The average molecular weight is 355 g/mol. The molecule has 2 rings (SSSR count). The van der Waals surface area contributed by atoms with E-state index in [0.29, 0.717) is 10.8 Å². The van der Waals surface area contributed by atoms with E-state index >= 15 is 0 Å². The lowest BCUT2D eigenvalue weighted by Gasteiger charge is -2.11. The number of rotatable bonds is 5. The molecular weight excluding hydrogens is 338 g/mol. The van der Waals surface area contributed by atoms with Crippen LogP contribution in [0.3, 0.4) is 0 Å². The van der Waals surface area contributed by atoms with Gasteiger partial charge in [-0.15, -0.1) is 0 Å². The first-order chi connectivity index (χ1) is 11.4. The Bertz CT molecular complexity index is 710. The fourth-order valence-electron chi connectivity index (χ4n) is 2.10. The van der Waals surface area contributed by atoms with Gasteiger partial charge in [0.05, 0.1) is 6.54 Å². The van der Waals surface area contributed by atoms with Gasteiger partial charge in [-0.3, -0.25) is 0 Å². The second kappa shape index (κ2) is 7.97. The topological polar surface area (TPSA) is 50.4 Å². The van der Waals surface area contributed by atoms with Crippen LogP contribution in [-0.4, -0.2) is 19.2 Å². The number of hydrogen-bond donors (Lipinski definition) is 2. The number of anilines is 1. The molecule has 0 aliphatic carbocycles. The SMILES string of the molecule is Cc1cc(OCCNC(=O)Nc2c(F)cccc2F)cc(C)c1Cl. The molecule has 24 heavy (non-hydrogen) atoms. The van der Waals surface area contributed by atoms with Gasteiger partial charge in [-0.1, -0.05) is 17.7 Å². The first-order valence-corrected chi connectivity index (χ1v) is 7.64. The van der Waals surface area contributed by atoms with Gasteiger partial charge in [-0.2, -0.15) is 0 Å². The Morgan fingerprint density at radius 3 is 2.33 bits per heavy atom. The molecule has 0 radical (unpaired) electrons. The molecule has 2 N–H and O–H groups in total. The number of carbonyl (C=O) groups excluding carboxylic acids is 1. The van der Waals surface area contributed by atoms with Crippen LogP contribution in [0.4, 0.5) is 19.3 Å². The normalized spacial score (nSPS) is 10.4. The molecule has 0 aliphatic heterocycles. The van der Waals surface area contributed by atoms with Crippen LogP contribution < -0.4 is 15.4 Å². The number of urea groups is 1. The van der Waals surface area contributed by atoms with Crippen LogP contribution in [0.5, 0.6) is 5.75 Å². The molecule has 0 bridgehead atoms. The van der Waals surface area contributed by atoms with Crippen molar-refractivity contribution in [2.24, 2.45) is 0 Å². The summed E-state index contributed by atoms with van der Waals surface area (Å²) in [6.45, 7) is 4.12. The molecule has 2 aromatic carbocycles. The molecule has 0 heterocycles. The van der Waals surface area contributed by atoms with E-state index in [4.69, 9.17) is 16.3 Å². The van der Waals surface area contributed by atoms with Crippen LogP contribution in [0.1, 0.15) is 11.1 Å². The smallest absolute Gasteiger partial charge is 0.319 e. The van der Waals surface area contributed by atoms with Crippen molar-refractivity contribution in [3.05, 3.63) is 58.1 Å². The molecule has 0 unspecified atom stereocenters. The molecule has 0 aromatic heterocycles. The third-order valence-corrected chi connectivity index (χ3v) is 3.86. The number of ether oxygens (including phenoxy) is 1. The molecule has 0 fully saturated rings. The van der Waals surface area contributed by atoms with Crippen molar-refractivity contribution < 1.29 is 18.3 Å². The standard InChI is InChI=1S/C17H17ClF2N2O2/c1-10-8-12(9-11(2)15(10)18)24-7-6-21-17(23)22-16-13(19)4-3-5-14(16)20/h3-5,8-9H,6-7H2,1-2H3,(H2,21,22,23). The summed E-state index contributed by atoms with van der Waals surface area (Å²) in [5, 5.41) is 5.28. The molecule has 128 valence electrons. The van der Waals surface area contributed by atoms with Crippen LogP contribution in [0.25, 0.3) is 0 Å². The minimum atomic E-state index is -0.839. The maximum absolute atomic E-state index is 13.4. The summed E-state index contributed by atoms with van der Waals surface area (Å²) in [6.07, 6.45) is 0. The van der Waals surface area contributed by atoms with Crippen molar-refractivity contribution in [3.8, 4) is 5.75 Å². The fourth-order valence-corrected chi connectivity index (χ4v) is 2.21. The van der Waals surface area contributed by atoms with Crippen molar-refractivity contribution >= 4 is 23.3 Å². The molecule has 4 nitrogen and oxygen atoms in total. The molecule has 0 spiro atoms. The second-order valence-electron chi connectivity index (χ2n) is 5.20. The fraction of sp³-hybridized carbons (Fsp3) is 0.235. The maximum Gasteiger partial charge on any atom is 0.319 e. The number of carbonyl (C=O) groups is 1. The number of benzene rings is 2. The first kappa shape index (κ1) is 18.0. The monoisotopic (exact) mass is 354 g/mol. The molecule has 0 saturated heterocycles. The van der Waals surface area contributed by atoms with E-state index in [0.717, 1.165) is 23.3 Å². The second-order valence-corrected chi connectivity index (χ2v) is 5.58. The predicted molar refractivity (Wildman–Crippen MR) is 89.8 cm³/mol. The summed E-state index contributed by atoms with van der Waals surface area (Å²) in [7, 11) is 0. The summed E-state index contributed by atoms with van der Waals surface area (Å²) in [5.41, 5.74) is 1.31. The summed E-state index contributed by atoms with van der Waals surface area (Å²) in [5.74, 6) is -1.04. The Morgan fingerprint density at radius 1 is 1.17 bits per heavy atom. The third kappa shape index (κ3) is 4.58. The van der Waals surface area contributed by atoms with Crippen molar-refractivity contribution in [1.29, 1.82) is 0 Å². The van der Waals surface area contributed by atoms with Gasteiger partial charge in [0.15, 0.2) is 0 Å². The lowest BCUT2D eigenvalue weighted by molar-refractivity contribution is 0.247. The Kier molecular flexibility index (Phi) is 5.98. The van der Waals surface area contributed by atoms with Crippen molar-refractivity contribution in [1.82, 2.24) is 5.32 Å². The van der Waals surface area contributed by atoms with E-state index in [-0.39, 0.29) is 13.2 Å². The summed E-state index contributed by atoms with van der Waals surface area (Å²) in [4.78, 5) is 11.7. The Hall–Kier alpha value is -2.34. The summed E-state index contributed by atoms with van der Waals surface area (Å²) in [6, 6.07) is 6.22. The average Bonchev–Trinajstić information content (AvgIpc) is 2.53. The highest BCUT2D eigenvalue weighted by Gasteiger charge is 2.11. The minimum absolute atomic E-state index is 0.169. The zero-order valence-corrected chi connectivity index (χ0v) is 14.0. The van der Waals surface area contributed by atoms with Crippen molar-refractivity contribution in [2.75, 3.05) is 18.5 Å². The van der Waals surface area contributed by atoms with Crippen LogP contribution in [0, 0.1) is 25.5 Å². The van der Waals surface area contributed by atoms with Crippen LogP contribution >= 0.6 is 11.6 Å². The molecular formula is C17H17ClF2N2O2. The highest BCUT2D eigenvalue weighted by Crippen LogP contribution is 2.25. The zero-order chi connectivity index (χ0) is 17.7. The van der Waals surface area contributed by atoms with Crippen LogP contribution in [0.15, 0.2) is 30.3 Å². The van der Waals surface area contributed by atoms with E-state index < -0.39 is 23.4 Å². The molecule has 7 heteroatoms. The first-order valence-electron chi connectivity index (χ1n) is 7.27. The van der Waals surface area contributed by atoms with E-state index in [1.807, 2.05) is 13.8 Å². The van der Waals surface area contributed by atoms with Gasteiger partial charge in [-0.25, -0.2) is 13.6 Å². The summed E-state index contributed by atoms with van der Waals surface area (Å²) < 4.78 is 32.3.